The van der Waals surface area contributed by atoms with E-state index in [0.29, 0.717) is 0 Å². The van der Waals surface area contributed by atoms with Gasteiger partial charge in [0, 0.05) is 0 Å². The summed E-state index contributed by atoms with van der Waals surface area (Å²) in [6, 6.07) is 0. The lowest BCUT2D eigenvalue weighted by atomic mass is 10.1. The van der Waals surface area contributed by atoms with E-state index >= 15 is 0 Å². The lowest BCUT2D eigenvalue weighted by molar-refractivity contribution is -0.141. The van der Waals surface area contributed by atoms with Gasteiger partial charge in [0.05, 0.1) is 0 Å². The van der Waals surface area contributed by atoms with Crippen LogP contribution in [-0.4, -0.2) is 23.3 Å². The largest absolute Gasteiger partial charge is 0.365 e. The average molecular weight is 154 g/mol. The number of carbonyl (C=O) groups excluding carboxylic acids is 1. The van der Waals surface area contributed by atoms with Crippen molar-refractivity contribution in [1.29, 1.82) is 0 Å². The molecule has 1 N–H and O–H groups in total. The molecule has 0 saturated carbocycles. The zero-order valence-corrected chi connectivity index (χ0v) is 6.23. The highest BCUT2D eigenvalue weighted by Gasteiger charge is 2.20. The molecule has 1 heterocycles. The molecule has 0 saturated heterocycles. The highest BCUT2D eigenvalue weighted by molar-refractivity contribution is 5.95. The van der Waals surface area contributed by atoms with E-state index in [1.54, 1.807) is 19.1 Å². The Morgan fingerprint density at radius 1 is 1.73 bits per heavy atom. The van der Waals surface area contributed by atoms with E-state index in [0.717, 1.165) is 0 Å². The van der Waals surface area contributed by atoms with Crippen LogP contribution in [0.1, 0.15) is 6.92 Å². The molecule has 11 heavy (non-hydrogen) atoms. The molecule has 0 radical (unpaired) electrons. The van der Waals surface area contributed by atoms with E-state index < -0.39 is 12.4 Å². The Hall–Kier alpha value is -0.930. The summed E-state index contributed by atoms with van der Waals surface area (Å²) in [5.74, 6) is -0.131. The molecule has 3 heteroatoms. The van der Waals surface area contributed by atoms with Crippen molar-refractivity contribution in [1.82, 2.24) is 0 Å². The van der Waals surface area contributed by atoms with Crippen LogP contribution in [0.15, 0.2) is 24.3 Å². The second-order valence-corrected chi connectivity index (χ2v) is 2.23. The van der Waals surface area contributed by atoms with Crippen LogP contribution in [0.25, 0.3) is 0 Å². The predicted octanol–water partition coefficient (Wildman–Crippen LogP) is 0.405. The monoisotopic (exact) mass is 154 g/mol. The summed E-state index contributed by atoms with van der Waals surface area (Å²) in [6.45, 7) is 1.79. The third-order valence-electron chi connectivity index (χ3n) is 1.36. The Balaban J connectivity index is 2.68. The Morgan fingerprint density at radius 3 is 3.09 bits per heavy atom. The third kappa shape index (κ3) is 2.00. The molecule has 0 aromatic carbocycles. The molecule has 3 nitrogen and oxygen atoms in total. The molecular formula is C8H10O3. The number of aliphatic hydroxyl groups is 1. The quantitative estimate of drug-likeness (QED) is 0.556. The van der Waals surface area contributed by atoms with Crippen LogP contribution in [-0.2, 0) is 9.53 Å². The fraction of sp³-hybridized carbons (Fsp3) is 0.375. The predicted molar refractivity (Wildman–Crippen MR) is 39.8 cm³/mol. The van der Waals surface area contributed by atoms with Crippen molar-refractivity contribution < 1.29 is 14.6 Å². The summed E-state index contributed by atoms with van der Waals surface area (Å²) < 4.78 is 4.87. The molecule has 2 atom stereocenters. The molecule has 0 bridgehead atoms. The number of allylic oxidation sites excluding steroid dienone is 1. The first-order valence-corrected chi connectivity index (χ1v) is 3.42. The van der Waals surface area contributed by atoms with Crippen molar-refractivity contribution >= 4 is 5.78 Å². The van der Waals surface area contributed by atoms with Crippen LogP contribution in [0.5, 0.6) is 0 Å². The Kier molecular flexibility index (Phi) is 2.57. The molecule has 0 aliphatic carbocycles. The maximum absolute atomic E-state index is 11.0. The summed E-state index contributed by atoms with van der Waals surface area (Å²) in [5.41, 5.74) is 0. The summed E-state index contributed by atoms with van der Waals surface area (Å²) >= 11 is 0. The third-order valence-corrected chi connectivity index (χ3v) is 1.36. The molecule has 0 amide bonds. The average Bonchev–Trinajstić information content (AvgIpc) is 1.98. The van der Waals surface area contributed by atoms with E-state index in [9.17, 15) is 4.79 Å². The van der Waals surface area contributed by atoms with Crippen molar-refractivity contribution in [2.24, 2.45) is 0 Å². The van der Waals surface area contributed by atoms with Crippen LogP contribution in [0.4, 0.5) is 0 Å². The van der Waals surface area contributed by atoms with Gasteiger partial charge in [0.1, 0.15) is 6.10 Å². The van der Waals surface area contributed by atoms with Crippen molar-refractivity contribution in [2.45, 2.75) is 19.3 Å². The van der Waals surface area contributed by atoms with Crippen molar-refractivity contribution in [3.8, 4) is 0 Å². The van der Waals surface area contributed by atoms with Gasteiger partial charge in [-0.2, -0.15) is 0 Å². The Bertz CT molecular complexity index is 205. The number of rotatable bonds is 1. The van der Waals surface area contributed by atoms with Crippen LogP contribution in [0.2, 0.25) is 0 Å². The number of ketones is 1. The molecule has 0 spiro atoms. The minimum atomic E-state index is -0.950. The Labute approximate surface area is 65.0 Å². The highest BCUT2D eigenvalue weighted by atomic mass is 16.6. The van der Waals surface area contributed by atoms with Crippen LogP contribution in [0.3, 0.4) is 0 Å². The normalized spacial score (nSPS) is 31.6. The second-order valence-electron chi connectivity index (χ2n) is 2.23. The minimum Gasteiger partial charge on any atom is -0.365 e. The minimum absolute atomic E-state index is 0.131. The van der Waals surface area contributed by atoms with Gasteiger partial charge < -0.3 is 9.84 Å². The van der Waals surface area contributed by atoms with E-state index in [1.165, 1.54) is 12.2 Å². The topological polar surface area (TPSA) is 46.5 Å². The first-order valence-electron chi connectivity index (χ1n) is 3.42. The summed E-state index contributed by atoms with van der Waals surface area (Å²) in [5, 5.41) is 8.93. The lowest BCUT2D eigenvalue weighted by Crippen LogP contribution is -2.29. The number of aliphatic hydroxyl groups excluding tert-OH is 1. The van der Waals surface area contributed by atoms with Crippen molar-refractivity contribution in [2.75, 3.05) is 0 Å². The smallest absolute Gasteiger partial charge is 0.188 e. The maximum Gasteiger partial charge on any atom is 0.188 e. The number of hydrogen-bond donors (Lipinski definition) is 1. The Morgan fingerprint density at radius 2 is 2.45 bits per heavy atom. The van der Waals surface area contributed by atoms with E-state index in [1.807, 2.05) is 0 Å². The van der Waals surface area contributed by atoms with Crippen molar-refractivity contribution in [3.63, 3.8) is 0 Å². The molecule has 1 rings (SSSR count). The van der Waals surface area contributed by atoms with E-state index in [4.69, 9.17) is 9.84 Å². The van der Waals surface area contributed by atoms with Gasteiger partial charge in [0.2, 0.25) is 0 Å². The number of ether oxygens (including phenoxy) is 1. The van der Waals surface area contributed by atoms with Gasteiger partial charge in [0.25, 0.3) is 0 Å². The fourth-order valence-electron chi connectivity index (χ4n) is 0.850. The molecular weight excluding hydrogens is 144 g/mol. The molecule has 1 unspecified atom stereocenters. The van der Waals surface area contributed by atoms with Gasteiger partial charge in [-0.3, -0.25) is 4.79 Å². The summed E-state index contributed by atoms with van der Waals surface area (Å²) in [7, 11) is 0. The van der Waals surface area contributed by atoms with Gasteiger partial charge in [-0.1, -0.05) is 12.2 Å². The first kappa shape index (κ1) is 8.17. The number of carbonyl (C=O) groups is 1. The van der Waals surface area contributed by atoms with Gasteiger partial charge in [0.15, 0.2) is 12.1 Å². The van der Waals surface area contributed by atoms with E-state index in [-0.39, 0.29) is 5.78 Å². The lowest BCUT2D eigenvalue weighted by Gasteiger charge is -2.17. The van der Waals surface area contributed by atoms with Crippen LogP contribution < -0.4 is 0 Å². The maximum atomic E-state index is 11.0. The molecule has 1 aliphatic rings. The SMILES string of the molecule is C/C=C/[C@H]1OC(O)C=CC1=O. The van der Waals surface area contributed by atoms with Crippen molar-refractivity contribution in [3.05, 3.63) is 24.3 Å². The second kappa shape index (κ2) is 3.46. The van der Waals surface area contributed by atoms with Gasteiger partial charge in [-0.15, -0.1) is 0 Å². The molecule has 0 aromatic heterocycles. The zero-order valence-electron chi connectivity index (χ0n) is 6.23. The van der Waals surface area contributed by atoms with Crippen LogP contribution >= 0.6 is 0 Å². The van der Waals surface area contributed by atoms with Gasteiger partial charge in [-0.25, -0.2) is 0 Å². The highest BCUT2D eigenvalue weighted by Crippen LogP contribution is 2.08. The summed E-state index contributed by atoms with van der Waals surface area (Å²) in [6.07, 6.45) is 4.42. The van der Waals surface area contributed by atoms with Gasteiger partial charge >= 0.3 is 0 Å². The number of hydrogen-bond acceptors (Lipinski definition) is 3. The molecule has 1 aliphatic heterocycles. The van der Waals surface area contributed by atoms with Crippen LogP contribution in [0, 0.1) is 0 Å². The first-order chi connectivity index (χ1) is 5.24. The van der Waals surface area contributed by atoms with Gasteiger partial charge in [-0.05, 0) is 19.1 Å². The molecule has 0 fully saturated rings. The zero-order chi connectivity index (χ0) is 8.27. The fourth-order valence-corrected chi connectivity index (χ4v) is 0.850. The molecule has 0 aromatic rings. The summed E-state index contributed by atoms with van der Waals surface area (Å²) in [4.78, 5) is 11.0. The molecule has 60 valence electrons. The van der Waals surface area contributed by atoms with E-state index in [2.05, 4.69) is 0 Å². The standard InChI is InChI=1S/C8H10O3/c1-2-3-7-6(9)4-5-8(10)11-7/h2-5,7-8,10H,1H3/b3-2+/t7-,8?/m1/s1.